The number of halogens is 1. The highest BCUT2D eigenvalue weighted by atomic mass is 35.5. The number of aromatic nitrogens is 1. The van der Waals surface area contributed by atoms with Crippen LogP contribution in [0.4, 0.5) is 0 Å². The van der Waals surface area contributed by atoms with Crippen molar-refractivity contribution in [3.63, 3.8) is 0 Å². The van der Waals surface area contributed by atoms with Gasteiger partial charge in [0, 0.05) is 21.0 Å². The number of rotatable bonds is 5. The topological polar surface area (TPSA) is 53.0 Å². The average Bonchev–Trinajstić information content (AvgIpc) is 3.20. The monoisotopic (exact) mass is 438 g/mol. The van der Waals surface area contributed by atoms with E-state index >= 15 is 0 Å². The third-order valence-electron chi connectivity index (χ3n) is 4.64. The van der Waals surface area contributed by atoms with Gasteiger partial charge in [0.25, 0.3) is 0 Å². The number of aryl methyl sites for hydroxylation is 1. The summed E-state index contributed by atoms with van der Waals surface area (Å²) < 4.78 is 22.9. The molecule has 0 bridgehead atoms. The highest BCUT2D eigenvalue weighted by Crippen LogP contribution is 2.41. The Morgan fingerprint density at radius 3 is 2.31 bits per heavy atom. The van der Waals surface area contributed by atoms with Crippen LogP contribution in [0, 0.1) is 0 Å². The summed E-state index contributed by atoms with van der Waals surface area (Å²) in [5, 5.41) is 1.56. The molecule has 0 saturated heterocycles. The van der Waals surface area contributed by atoms with Gasteiger partial charge in [0.2, 0.25) is 0 Å². The predicted molar refractivity (Wildman–Crippen MR) is 120 cm³/mol. The first-order valence-electron chi connectivity index (χ1n) is 9.11. The summed E-state index contributed by atoms with van der Waals surface area (Å²) in [6.07, 6.45) is 0.985. The lowest BCUT2D eigenvalue weighted by Gasteiger charge is -2.08. The molecule has 0 aliphatic carbocycles. The summed E-state index contributed by atoms with van der Waals surface area (Å²) in [7, 11) is 0. The van der Waals surface area contributed by atoms with Crippen molar-refractivity contribution in [2.75, 3.05) is 0 Å². The van der Waals surface area contributed by atoms with E-state index in [9.17, 15) is 8.76 Å². The quantitative estimate of drug-likeness (QED) is 0.330. The lowest BCUT2D eigenvalue weighted by molar-refractivity contribution is 0.537. The van der Waals surface area contributed by atoms with E-state index in [0.29, 0.717) is 5.02 Å². The van der Waals surface area contributed by atoms with Gasteiger partial charge in [0.1, 0.15) is 5.01 Å². The molecule has 3 nitrogen and oxygen atoms in total. The van der Waals surface area contributed by atoms with Crippen LogP contribution < -0.4 is 0 Å². The molecule has 0 spiro atoms. The first-order valence-corrected chi connectivity index (χ1v) is 11.4. The zero-order valence-electron chi connectivity index (χ0n) is 15.6. The van der Waals surface area contributed by atoms with Gasteiger partial charge in [0.05, 0.1) is 10.6 Å². The van der Waals surface area contributed by atoms with E-state index < -0.39 is 11.1 Å². The Balaban J connectivity index is 1.87. The Kier molecular flexibility index (Phi) is 5.92. The Labute approximate surface area is 181 Å². The van der Waals surface area contributed by atoms with Gasteiger partial charge < -0.3 is 4.55 Å². The molecule has 146 valence electrons. The van der Waals surface area contributed by atoms with E-state index in [1.807, 2.05) is 30.3 Å². The van der Waals surface area contributed by atoms with Crippen LogP contribution >= 0.6 is 22.9 Å². The molecular weight excluding hydrogens is 422 g/mol. The van der Waals surface area contributed by atoms with Crippen molar-refractivity contribution in [1.29, 1.82) is 0 Å². The molecule has 1 aromatic heterocycles. The number of nitrogens with zero attached hydrogens (tertiary/aromatic N) is 1. The largest absolute Gasteiger partial charge is 0.768 e. The molecular formula is C23H17ClNO2S2-. The van der Waals surface area contributed by atoms with Gasteiger partial charge in [-0.25, -0.2) is 4.98 Å². The third-order valence-corrected chi connectivity index (χ3v) is 6.69. The summed E-state index contributed by atoms with van der Waals surface area (Å²) in [6, 6.07) is 22.8. The molecule has 1 unspecified atom stereocenters. The van der Waals surface area contributed by atoms with Crippen molar-refractivity contribution >= 4 is 34.0 Å². The Morgan fingerprint density at radius 1 is 0.966 bits per heavy atom. The molecule has 0 saturated carbocycles. The lowest BCUT2D eigenvalue weighted by Crippen LogP contribution is -1.90. The van der Waals surface area contributed by atoms with Crippen molar-refractivity contribution < 1.29 is 8.76 Å². The third kappa shape index (κ3) is 4.33. The Hall–Kier alpha value is -2.31. The van der Waals surface area contributed by atoms with Gasteiger partial charge in [-0.2, -0.15) is 0 Å². The van der Waals surface area contributed by atoms with Crippen molar-refractivity contribution in [3.8, 4) is 32.3 Å². The van der Waals surface area contributed by atoms with Crippen molar-refractivity contribution in [2.45, 2.75) is 18.2 Å². The molecule has 6 heteroatoms. The van der Waals surface area contributed by atoms with Crippen molar-refractivity contribution in [1.82, 2.24) is 4.98 Å². The van der Waals surface area contributed by atoms with Crippen LogP contribution in [0.15, 0.2) is 77.7 Å². The van der Waals surface area contributed by atoms with Gasteiger partial charge in [-0.15, -0.1) is 11.3 Å². The van der Waals surface area contributed by atoms with E-state index in [2.05, 4.69) is 31.2 Å². The fourth-order valence-corrected chi connectivity index (χ4v) is 4.70. The Bertz CT molecular complexity index is 1170. The minimum atomic E-state index is -2.29. The molecule has 1 atom stereocenters. The summed E-state index contributed by atoms with van der Waals surface area (Å²) in [4.78, 5) is 6.11. The molecule has 0 aliphatic rings. The second kappa shape index (κ2) is 8.59. The van der Waals surface area contributed by atoms with E-state index in [1.54, 1.807) is 29.5 Å². The van der Waals surface area contributed by atoms with E-state index in [4.69, 9.17) is 16.6 Å². The van der Waals surface area contributed by atoms with E-state index in [1.165, 1.54) is 5.56 Å². The summed E-state index contributed by atoms with van der Waals surface area (Å²) in [6.45, 7) is 2.13. The van der Waals surface area contributed by atoms with Gasteiger partial charge >= 0.3 is 0 Å². The van der Waals surface area contributed by atoms with Crippen molar-refractivity contribution in [2.24, 2.45) is 0 Å². The lowest BCUT2D eigenvalue weighted by atomic mass is 10.1. The molecule has 0 aliphatic heterocycles. The maximum atomic E-state index is 11.4. The predicted octanol–water partition coefficient (Wildman–Crippen LogP) is 6.60. The standard InChI is InChI=1S/C23H18ClNO2S2/c1-2-15-6-8-17(9-7-15)23-25-21(18-4-3-5-20(14-18)29(26)27)22(28-23)16-10-12-19(24)13-11-16/h3-14H,2H2,1H3,(H,26,27)/p-1. The van der Waals surface area contributed by atoms with Crippen LogP contribution in [-0.4, -0.2) is 13.7 Å². The van der Waals surface area contributed by atoms with Gasteiger partial charge in [-0.3, -0.25) is 4.21 Å². The average molecular weight is 439 g/mol. The van der Waals surface area contributed by atoms with Crippen LogP contribution in [0.5, 0.6) is 0 Å². The molecule has 0 N–H and O–H groups in total. The van der Waals surface area contributed by atoms with Gasteiger partial charge in [0.15, 0.2) is 0 Å². The molecule has 4 rings (SSSR count). The van der Waals surface area contributed by atoms with Gasteiger partial charge in [-0.1, -0.05) is 67.1 Å². The summed E-state index contributed by atoms with van der Waals surface area (Å²) in [5.41, 5.74) is 4.83. The smallest absolute Gasteiger partial charge is 0.124 e. The maximum Gasteiger partial charge on any atom is 0.124 e. The van der Waals surface area contributed by atoms with Crippen LogP contribution in [0.1, 0.15) is 12.5 Å². The zero-order valence-corrected chi connectivity index (χ0v) is 18.0. The number of hydrogen-bond donors (Lipinski definition) is 0. The molecule has 4 aromatic rings. The molecule has 0 amide bonds. The molecule has 0 fully saturated rings. The minimum Gasteiger partial charge on any atom is -0.768 e. The van der Waals surface area contributed by atoms with Crippen LogP contribution in [-0.2, 0) is 17.5 Å². The number of hydrogen-bond acceptors (Lipinski definition) is 4. The molecule has 3 aromatic carbocycles. The number of benzene rings is 3. The second-order valence-electron chi connectivity index (χ2n) is 6.52. The van der Waals surface area contributed by atoms with E-state index in [-0.39, 0.29) is 4.90 Å². The number of thiazole rings is 1. The highest BCUT2D eigenvalue weighted by molar-refractivity contribution is 7.79. The van der Waals surface area contributed by atoms with Gasteiger partial charge in [-0.05, 0) is 52.9 Å². The highest BCUT2D eigenvalue weighted by Gasteiger charge is 2.16. The minimum absolute atomic E-state index is 0.242. The normalized spacial score (nSPS) is 12.1. The van der Waals surface area contributed by atoms with Crippen molar-refractivity contribution in [3.05, 3.63) is 83.4 Å². The van der Waals surface area contributed by atoms with Crippen LogP contribution in [0.25, 0.3) is 32.3 Å². The van der Waals surface area contributed by atoms with Crippen LogP contribution in [0.2, 0.25) is 5.02 Å². The van der Waals surface area contributed by atoms with E-state index in [0.717, 1.165) is 38.7 Å². The maximum absolute atomic E-state index is 11.4. The second-order valence-corrected chi connectivity index (χ2v) is 8.89. The first-order chi connectivity index (χ1) is 14.0. The molecule has 29 heavy (non-hydrogen) atoms. The molecule has 1 heterocycles. The zero-order chi connectivity index (χ0) is 20.4. The molecule has 0 radical (unpaired) electrons. The summed E-state index contributed by atoms with van der Waals surface area (Å²) in [5.74, 6) is 0. The SMILES string of the molecule is CCc1ccc(-c2nc(-c3cccc(S(=O)[O-])c3)c(-c3ccc(Cl)cc3)s2)cc1. The fraction of sp³-hybridized carbons (Fsp3) is 0.0870. The van der Waals surface area contributed by atoms with Crippen LogP contribution in [0.3, 0.4) is 0 Å². The Morgan fingerprint density at radius 2 is 1.66 bits per heavy atom. The fourth-order valence-electron chi connectivity index (χ4n) is 3.07. The first kappa shape index (κ1) is 20.0. The summed E-state index contributed by atoms with van der Waals surface area (Å²) >= 11 is 5.35.